The number of para-hydroxylation sites is 5. The SMILES string of the molecule is CCOc1ccccc1/C=N/Nc1ccc(S(=O)(=O)c2ccc(N/N=C/c3ccccc3OCC)cc2)cc1.NC(=Nc1ccc(S(=O)(=O)Nc2cnc3ccccc3n2)cc1)N=C(N)Nc1ccc(Br)cc1.O=C(O)CCC(=O)c1ccc(CCc2c(CO)oc(CNc3ccc(C(=O)NCC(=O)O)cc3)c(O)c2=O)cc1.OC[C@@H](O)[C@@H](O)[C@H](O)[C@H](O)/C(C=NCc1ccccc1)=N/Nc1ccccc1. The number of guanidine groups is 2. The first kappa shape index (κ1) is 107. The number of nitrogens with two attached hydrogens (primary N) is 2. The summed E-state index contributed by atoms with van der Waals surface area (Å²) in [6.07, 6.45) is -0.669. The summed E-state index contributed by atoms with van der Waals surface area (Å²) >= 11 is 3.36. The van der Waals surface area contributed by atoms with Gasteiger partial charge in [-0.15, -0.1) is 0 Å². The summed E-state index contributed by atoms with van der Waals surface area (Å²) in [5.41, 5.74) is 28.6. The van der Waals surface area contributed by atoms with Crippen LogP contribution in [-0.2, 0) is 62.0 Å². The third-order valence-corrected chi connectivity index (χ3v) is 23.6. The number of amides is 1. The van der Waals surface area contributed by atoms with Gasteiger partial charge in [0, 0.05) is 56.3 Å². The molecule has 11 aromatic carbocycles. The number of aliphatic hydroxyl groups excluding tert-OH is 6. The van der Waals surface area contributed by atoms with Crippen LogP contribution in [0.4, 0.5) is 39.9 Å². The highest BCUT2D eigenvalue weighted by Gasteiger charge is 2.33. The Morgan fingerprint density at radius 1 is 0.560 bits per heavy atom. The molecule has 0 aliphatic carbocycles. The van der Waals surface area contributed by atoms with E-state index in [0.717, 1.165) is 43.9 Å². The Hall–Kier alpha value is -16.3. The number of carbonyl (C=O) groups excluding carboxylic acids is 2. The summed E-state index contributed by atoms with van der Waals surface area (Å²) in [6, 6.07) is 79.3. The van der Waals surface area contributed by atoms with Crippen LogP contribution in [0.5, 0.6) is 17.2 Å². The molecule has 0 unspecified atom stereocenters. The van der Waals surface area contributed by atoms with Crippen LogP contribution in [0, 0.1) is 0 Å². The number of sulfone groups is 1. The van der Waals surface area contributed by atoms with Crippen LogP contribution in [-0.4, -0.2) is 183 Å². The molecular formula is C100H102BrN17O21S2. The minimum atomic E-state index is -3.88. The molecular weight excluding hydrogens is 1920 g/mol. The molecule has 0 saturated heterocycles. The van der Waals surface area contributed by atoms with Crippen molar-refractivity contribution in [3.63, 3.8) is 0 Å². The number of nitrogens with zero attached hydrogens (tertiary/aromatic N) is 8. The van der Waals surface area contributed by atoms with Crippen molar-refractivity contribution in [3.8, 4) is 17.2 Å². The minimum absolute atomic E-state index is 0.00511. The number of halogens is 1. The first-order valence-corrected chi connectivity index (χ1v) is 47.1. The Morgan fingerprint density at radius 3 is 1.66 bits per heavy atom. The molecule has 0 radical (unpaired) electrons. The molecule has 0 saturated carbocycles. The number of rotatable bonds is 41. The third-order valence-electron chi connectivity index (χ3n) is 20.0. The number of benzene rings is 11. The number of ether oxygens (including phenoxy) is 2. The number of hydrogen-bond acceptors (Lipinski definition) is 30. The van der Waals surface area contributed by atoms with Crippen molar-refractivity contribution in [1.82, 2.24) is 15.3 Å². The second kappa shape index (κ2) is 54.0. The van der Waals surface area contributed by atoms with Crippen molar-refractivity contribution < 1.29 is 95.9 Å². The Morgan fingerprint density at radius 2 is 1.09 bits per heavy atom. The summed E-state index contributed by atoms with van der Waals surface area (Å²) in [6.45, 7) is 3.35. The fraction of sp³-hybridized carbons (Fsp3) is 0.170. The van der Waals surface area contributed by atoms with Crippen LogP contribution < -0.4 is 63.3 Å². The van der Waals surface area contributed by atoms with Crippen LogP contribution in [0.2, 0.25) is 0 Å². The summed E-state index contributed by atoms with van der Waals surface area (Å²) in [5, 5.41) is 107. The number of aliphatic hydroxyl groups is 6. The average Bonchev–Trinajstić information content (AvgIpc) is 0.807. The van der Waals surface area contributed by atoms with E-state index in [1.807, 2.05) is 129 Å². The maximum absolute atomic E-state index is 13.1. The molecule has 0 fully saturated rings. The quantitative estimate of drug-likeness (QED) is 0.00732. The van der Waals surface area contributed by atoms with Gasteiger partial charge in [-0.05, 0) is 208 Å². The number of hydrazone groups is 3. The maximum atomic E-state index is 13.1. The van der Waals surface area contributed by atoms with Crippen molar-refractivity contribution in [3.05, 3.63) is 350 Å². The van der Waals surface area contributed by atoms with Gasteiger partial charge in [0.2, 0.25) is 32.9 Å². The van der Waals surface area contributed by atoms with E-state index in [9.17, 15) is 71.4 Å². The molecule has 41 heteroatoms. The Kier molecular flexibility index (Phi) is 40.9. The number of aromatic hydroxyl groups is 1. The normalized spacial score (nSPS) is 12.5. The number of carboxylic acid groups (broad SMARTS) is 2. The fourth-order valence-corrected chi connectivity index (χ4v) is 15.2. The van der Waals surface area contributed by atoms with Crippen LogP contribution >= 0.6 is 15.9 Å². The lowest BCUT2D eigenvalue weighted by Gasteiger charge is -2.25. The molecule has 13 aromatic rings. The average molecular weight is 2020 g/mol. The van der Waals surface area contributed by atoms with Gasteiger partial charge in [-0.2, -0.15) is 20.3 Å². The Balaban J connectivity index is 0.000000195. The molecule has 732 valence electrons. The molecule has 0 spiro atoms. The fourth-order valence-electron chi connectivity index (χ4n) is 12.7. The lowest BCUT2D eigenvalue weighted by atomic mass is 10.00. The second-order valence-electron chi connectivity index (χ2n) is 30.1. The van der Waals surface area contributed by atoms with Crippen LogP contribution in [0.1, 0.15) is 86.7 Å². The van der Waals surface area contributed by atoms with Gasteiger partial charge < -0.3 is 87.3 Å². The van der Waals surface area contributed by atoms with Crippen molar-refractivity contribution in [2.75, 3.05) is 58.0 Å². The molecule has 0 aliphatic rings. The first-order valence-electron chi connectivity index (χ1n) is 43.3. The first-order chi connectivity index (χ1) is 67.9. The predicted octanol–water partition coefficient (Wildman–Crippen LogP) is 12.0. The van der Waals surface area contributed by atoms with Crippen molar-refractivity contribution in [1.29, 1.82) is 0 Å². The summed E-state index contributed by atoms with van der Waals surface area (Å²) in [4.78, 5) is 79.3. The van der Waals surface area contributed by atoms with Crippen molar-refractivity contribution >= 4 is 147 Å². The number of hydrogen-bond donors (Lipinski definition) is 18. The second-order valence-corrected chi connectivity index (χ2v) is 34.7. The zero-order valence-electron chi connectivity index (χ0n) is 75.8. The summed E-state index contributed by atoms with van der Waals surface area (Å²) < 4.78 is 71.9. The Labute approximate surface area is 818 Å². The van der Waals surface area contributed by atoms with Gasteiger partial charge in [-0.3, -0.25) is 54.9 Å². The number of carboxylic acids is 2. The minimum Gasteiger partial charge on any atom is -0.502 e. The topological polar surface area (TPSA) is 603 Å². The van der Waals surface area contributed by atoms with E-state index < -0.39 is 93.1 Å². The number of aliphatic imine (C=N–C) groups is 3. The third kappa shape index (κ3) is 33.6. The number of nitrogens with one attached hydrogen (secondary N) is 7. The van der Waals surface area contributed by atoms with E-state index in [1.165, 1.54) is 48.8 Å². The Bertz CT molecular complexity index is 6730. The predicted molar refractivity (Wildman–Crippen MR) is 542 cm³/mol. The van der Waals surface area contributed by atoms with E-state index in [4.69, 9.17) is 40.7 Å². The molecule has 1 amide bonds. The van der Waals surface area contributed by atoms with Crippen LogP contribution in [0.15, 0.2) is 344 Å². The van der Waals surface area contributed by atoms with Crippen LogP contribution in [0.3, 0.4) is 0 Å². The molecule has 141 heavy (non-hydrogen) atoms. The number of Topliss-reactive ketones (excluding diaryl/α,β-unsaturated/α-hetero) is 1. The molecule has 38 nitrogen and oxygen atoms in total. The van der Waals surface area contributed by atoms with E-state index in [1.54, 1.807) is 140 Å². The van der Waals surface area contributed by atoms with E-state index in [2.05, 4.69) is 93.1 Å². The van der Waals surface area contributed by atoms with Crippen molar-refractivity contribution in [2.45, 2.75) is 98.3 Å². The van der Waals surface area contributed by atoms with Gasteiger partial charge >= 0.3 is 11.9 Å². The van der Waals surface area contributed by atoms with Gasteiger partial charge in [0.25, 0.3) is 15.9 Å². The number of fused-ring (bicyclic) bond motifs is 1. The van der Waals surface area contributed by atoms with Gasteiger partial charge in [-0.1, -0.05) is 125 Å². The van der Waals surface area contributed by atoms with E-state index >= 15 is 0 Å². The molecule has 0 bridgehead atoms. The molecule has 20 N–H and O–H groups in total. The highest BCUT2D eigenvalue weighted by atomic mass is 79.9. The zero-order chi connectivity index (χ0) is 101. The molecule has 13 rings (SSSR count). The molecule has 0 aliphatic heterocycles. The number of sulfonamides is 1. The van der Waals surface area contributed by atoms with Gasteiger partial charge in [0.05, 0.1) is 106 Å². The number of aliphatic carboxylic acids is 2. The van der Waals surface area contributed by atoms with E-state index in [0.29, 0.717) is 71.2 Å². The monoisotopic (exact) mass is 2020 g/mol. The zero-order valence-corrected chi connectivity index (χ0v) is 79.0. The van der Waals surface area contributed by atoms with Gasteiger partial charge in [-0.25, -0.2) is 26.8 Å². The van der Waals surface area contributed by atoms with Crippen LogP contribution in [0.25, 0.3) is 11.0 Å². The lowest BCUT2D eigenvalue weighted by Crippen LogP contribution is -2.49. The number of carbonyl (C=O) groups is 4. The largest absolute Gasteiger partial charge is 0.502 e. The van der Waals surface area contributed by atoms with Gasteiger partial charge in [0.1, 0.15) is 60.5 Å². The summed E-state index contributed by atoms with van der Waals surface area (Å²) in [5.74, 6) is -2.19. The highest BCUT2D eigenvalue weighted by Crippen LogP contribution is 2.29. The smallest absolute Gasteiger partial charge is 0.322 e. The maximum Gasteiger partial charge on any atom is 0.322 e. The number of aryl methyl sites for hydroxylation is 1. The molecule has 2 aromatic heterocycles. The van der Waals surface area contributed by atoms with E-state index in [-0.39, 0.29) is 92.4 Å². The standard InChI is InChI=1S/C30H30N4O4S.C28H28N2O10.C22H19BrN8O2S.C20H25N3O5/c1-3-37-29-11-7-5-9-23(29)21-31-33-25-13-17-27(18-14-25)39(35,36)28-19-15-26(16-20-28)34-32-22-24-10-6-8-12-30(24)38-4-2;31-15-23-20(10-3-16-1-4-17(5-2-16)21(32)11-12-24(33)34)26(37)27(38)22(40-23)13-29-19-8-6-18(7-9-19)28(39)30-14-25(35)36;23-14-5-7-15(8-6-14)27-21(24)30-22(25)28-16-9-11-17(12-10-16)34(32,33)31-20-13-26-18-3-1-2-4-19(18)29-20;24-13-17(25)19(27)20(28)18(26)16(23-22-15-9-5-2-6-10-15)12-21-11-14-7-3-1-4-8-14/h5-22,33-34H,3-4H2,1-2H3;1-2,4-9,29,31,38H,3,10-15H2,(H,30,39)(H,33,34)(H,35,36);1-13H,(H,29,31)(H5,24,25,27,28,30);1-10,12,17-20,22,24-28H,11,13H2/b31-21+,32-22+;;;21-12?,23-16+/t;;;17-,18-,19-,20-/m...1/s1. The molecule has 2 heterocycles. The molecule has 4 atom stereocenters. The summed E-state index contributed by atoms with van der Waals surface area (Å²) in [7, 11) is -7.57. The highest BCUT2D eigenvalue weighted by molar-refractivity contribution is 9.10. The number of ketones is 1. The van der Waals surface area contributed by atoms with Gasteiger partial charge in [0.15, 0.2) is 17.4 Å². The number of aromatic nitrogens is 2. The number of anilines is 6. The van der Waals surface area contributed by atoms with Crippen molar-refractivity contribution in [2.24, 2.45) is 41.7 Å². The lowest BCUT2D eigenvalue weighted by molar-refractivity contribution is -0.137.